The Kier molecular flexibility index (Phi) is 9.11. The number of aryl methyl sites for hydroxylation is 2. The summed E-state index contributed by atoms with van der Waals surface area (Å²) < 4.78 is 18.0. The molecule has 27 heavy (non-hydrogen) atoms. The van der Waals surface area contributed by atoms with E-state index in [1.165, 1.54) is 11.1 Å². The molecular weight excluding hydrogens is 358 g/mol. The molecule has 1 fully saturated rings. The summed E-state index contributed by atoms with van der Waals surface area (Å²) in [5.41, 5.74) is 2.42. The highest BCUT2D eigenvalue weighted by Crippen LogP contribution is 2.23. The fourth-order valence-corrected chi connectivity index (χ4v) is 4.95. The summed E-state index contributed by atoms with van der Waals surface area (Å²) in [5.74, 6) is 2.48. The molecule has 0 saturated heterocycles. The highest BCUT2D eigenvalue weighted by Gasteiger charge is 2.25. The van der Waals surface area contributed by atoms with Gasteiger partial charge in [-0.3, -0.25) is 4.21 Å². The molecule has 1 aliphatic carbocycles. The van der Waals surface area contributed by atoms with Crippen LogP contribution in [-0.2, 0) is 10.8 Å². The lowest BCUT2D eigenvalue weighted by Crippen LogP contribution is -2.46. The van der Waals surface area contributed by atoms with Crippen molar-refractivity contribution >= 4 is 16.8 Å². The fraction of sp³-hybridized carbons (Fsp3) is 0.667. The van der Waals surface area contributed by atoms with E-state index in [2.05, 4.69) is 54.6 Å². The second-order valence-electron chi connectivity index (χ2n) is 7.23. The predicted molar refractivity (Wildman–Crippen MR) is 115 cm³/mol. The van der Waals surface area contributed by atoms with E-state index in [9.17, 15) is 4.21 Å². The molecule has 3 atom stereocenters. The topological polar surface area (TPSA) is 62.7 Å². The van der Waals surface area contributed by atoms with Gasteiger partial charge in [0, 0.05) is 34.4 Å². The van der Waals surface area contributed by atoms with Gasteiger partial charge in [0.2, 0.25) is 0 Å². The molecule has 0 aromatic heterocycles. The number of hydrogen-bond donors (Lipinski definition) is 2. The van der Waals surface area contributed by atoms with E-state index in [-0.39, 0.29) is 0 Å². The Morgan fingerprint density at radius 3 is 2.63 bits per heavy atom. The van der Waals surface area contributed by atoms with E-state index in [4.69, 9.17) is 4.74 Å². The minimum absolute atomic E-state index is 0.317. The van der Waals surface area contributed by atoms with Crippen LogP contribution in [0.4, 0.5) is 0 Å². The van der Waals surface area contributed by atoms with Gasteiger partial charge in [0.05, 0.1) is 6.54 Å². The van der Waals surface area contributed by atoms with Crippen molar-refractivity contribution in [3.05, 3.63) is 29.3 Å². The smallest absolute Gasteiger partial charge is 0.191 e. The minimum atomic E-state index is -0.705. The first-order valence-electron chi connectivity index (χ1n) is 10.1. The summed E-state index contributed by atoms with van der Waals surface area (Å²) in [6, 6.07) is 6.59. The van der Waals surface area contributed by atoms with Gasteiger partial charge in [0.15, 0.2) is 5.96 Å². The maximum Gasteiger partial charge on any atom is 0.191 e. The molecule has 0 spiro atoms. The minimum Gasteiger partial charge on any atom is -0.492 e. The molecule has 152 valence electrons. The van der Waals surface area contributed by atoms with Gasteiger partial charge in [-0.25, -0.2) is 4.99 Å². The quantitative estimate of drug-likeness (QED) is 0.404. The van der Waals surface area contributed by atoms with E-state index in [1.54, 1.807) is 0 Å². The van der Waals surface area contributed by atoms with Crippen molar-refractivity contribution in [2.75, 3.05) is 25.4 Å². The molecule has 2 rings (SSSR count). The number of aliphatic imine (C=N–C) groups is 1. The van der Waals surface area contributed by atoms with E-state index < -0.39 is 10.8 Å². The number of nitrogens with one attached hydrogen (secondary N) is 2. The van der Waals surface area contributed by atoms with E-state index in [0.29, 0.717) is 24.4 Å². The molecular formula is C21H35N3O2S. The molecule has 6 heteroatoms. The van der Waals surface area contributed by atoms with Crippen LogP contribution in [0.1, 0.15) is 50.7 Å². The Labute approximate surface area is 166 Å². The van der Waals surface area contributed by atoms with Crippen LogP contribution >= 0.6 is 0 Å². The summed E-state index contributed by atoms with van der Waals surface area (Å²) in [6.45, 7) is 10.2. The van der Waals surface area contributed by atoms with Crippen LogP contribution in [0, 0.1) is 13.8 Å². The fourth-order valence-electron chi connectivity index (χ4n) is 3.60. The molecule has 5 nitrogen and oxygen atoms in total. The largest absolute Gasteiger partial charge is 0.492 e. The maximum absolute atomic E-state index is 12.1. The molecule has 0 aliphatic heterocycles. The lowest BCUT2D eigenvalue weighted by Gasteiger charge is -2.30. The normalized spacial score (nSPS) is 21.6. The summed E-state index contributed by atoms with van der Waals surface area (Å²) in [4.78, 5) is 4.65. The zero-order valence-electron chi connectivity index (χ0n) is 17.2. The van der Waals surface area contributed by atoms with Crippen LogP contribution in [-0.4, -0.2) is 46.9 Å². The summed E-state index contributed by atoms with van der Waals surface area (Å²) in [6.07, 6.45) is 4.28. The third-order valence-electron chi connectivity index (χ3n) is 4.79. The molecule has 0 amide bonds. The number of hydrogen-bond acceptors (Lipinski definition) is 3. The Morgan fingerprint density at radius 1 is 1.22 bits per heavy atom. The van der Waals surface area contributed by atoms with Crippen LogP contribution in [0.3, 0.4) is 0 Å². The number of benzene rings is 1. The Hall–Kier alpha value is -1.56. The molecule has 1 aliphatic rings. The molecule has 2 N–H and O–H groups in total. The molecule has 0 heterocycles. The number of nitrogens with zero attached hydrogens (tertiary/aromatic N) is 1. The van der Waals surface area contributed by atoms with Crippen LogP contribution < -0.4 is 15.4 Å². The van der Waals surface area contributed by atoms with Crippen LogP contribution in [0.15, 0.2) is 23.2 Å². The SMILES string of the molecule is CCNC(=NCCOc1cc(C)cc(C)c1)NC1CCCC(S(=O)CC)C1. The third kappa shape index (κ3) is 7.53. The summed E-state index contributed by atoms with van der Waals surface area (Å²) in [7, 11) is -0.705. The molecule has 0 radical (unpaired) electrons. The summed E-state index contributed by atoms with van der Waals surface area (Å²) in [5, 5.41) is 7.16. The highest BCUT2D eigenvalue weighted by atomic mass is 32.2. The third-order valence-corrected chi connectivity index (χ3v) is 6.53. The van der Waals surface area contributed by atoms with Crippen molar-refractivity contribution in [1.29, 1.82) is 0 Å². The van der Waals surface area contributed by atoms with Crippen molar-refractivity contribution < 1.29 is 8.95 Å². The predicted octanol–water partition coefficient (Wildman–Crippen LogP) is 3.32. The standard InChI is InChI=1S/C21H35N3O2S/c1-5-22-21(24-18-8-7-9-20(15-18)27(25)6-2)23-10-11-26-19-13-16(3)12-17(4)14-19/h12-14,18,20H,5-11,15H2,1-4H3,(H2,22,23,24). The number of guanidine groups is 1. The van der Waals surface area contributed by atoms with Crippen molar-refractivity contribution in [2.45, 2.75) is 64.7 Å². The van der Waals surface area contributed by atoms with Gasteiger partial charge in [0.1, 0.15) is 12.4 Å². The molecule has 1 aromatic carbocycles. The number of rotatable bonds is 8. The van der Waals surface area contributed by atoms with Gasteiger partial charge in [0.25, 0.3) is 0 Å². The van der Waals surface area contributed by atoms with Crippen molar-refractivity contribution in [3.8, 4) is 5.75 Å². The van der Waals surface area contributed by atoms with Crippen molar-refractivity contribution in [3.63, 3.8) is 0 Å². The average molecular weight is 394 g/mol. The average Bonchev–Trinajstić information content (AvgIpc) is 2.64. The lowest BCUT2D eigenvalue weighted by molar-refractivity contribution is 0.327. The van der Waals surface area contributed by atoms with Gasteiger partial charge < -0.3 is 15.4 Å². The Bertz CT molecular complexity index is 628. The second-order valence-corrected chi connectivity index (χ2v) is 9.24. The van der Waals surface area contributed by atoms with Crippen LogP contribution in [0.2, 0.25) is 0 Å². The van der Waals surface area contributed by atoms with Gasteiger partial charge in [-0.1, -0.05) is 19.4 Å². The molecule has 0 bridgehead atoms. The molecule has 3 unspecified atom stereocenters. The zero-order valence-corrected chi connectivity index (χ0v) is 18.0. The maximum atomic E-state index is 12.1. The number of ether oxygens (including phenoxy) is 1. The van der Waals surface area contributed by atoms with Crippen LogP contribution in [0.25, 0.3) is 0 Å². The van der Waals surface area contributed by atoms with Crippen molar-refractivity contribution in [2.24, 2.45) is 4.99 Å². The van der Waals surface area contributed by atoms with Gasteiger partial charge in [-0.15, -0.1) is 0 Å². The first-order chi connectivity index (χ1) is 13.0. The molecule has 1 saturated carbocycles. The second kappa shape index (κ2) is 11.3. The van der Waals surface area contributed by atoms with E-state index in [0.717, 1.165) is 49.7 Å². The summed E-state index contributed by atoms with van der Waals surface area (Å²) >= 11 is 0. The zero-order chi connectivity index (χ0) is 19.6. The highest BCUT2D eigenvalue weighted by molar-refractivity contribution is 7.85. The first kappa shape index (κ1) is 21.7. The van der Waals surface area contributed by atoms with Gasteiger partial charge in [-0.05, 0) is 63.3 Å². The van der Waals surface area contributed by atoms with Crippen molar-refractivity contribution in [1.82, 2.24) is 10.6 Å². The van der Waals surface area contributed by atoms with Gasteiger partial charge in [-0.2, -0.15) is 0 Å². The monoisotopic (exact) mass is 393 g/mol. The van der Waals surface area contributed by atoms with Crippen LogP contribution in [0.5, 0.6) is 5.75 Å². The van der Waals surface area contributed by atoms with Gasteiger partial charge >= 0.3 is 0 Å². The van der Waals surface area contributed by atoms with E-state index >= 15 is 0 Å². The Balaban J connectivity index is 1.85. The lowest BCUT2D eigenvalue weighted by atomic mass is 9.95. The molecule has 1 aromatic rings. The van der Waals surface area contributed by atoms with E-state index in [1.807, 2.05) is 6.92 Å². The Morgan fingerprint density at radius 2 is 1.96 bits per heavy atom. The first-order valence-corrected chi connectivity index (χ1v) is 11.5.